The monoisotopic (exact) mass is 208 g/mol. The van der Waals surface area contributed by atoms with E-state index < -0.39 is 0 Å². The molecular formula is C12H20N2O. The average Bonchev–Trinajstić information content (AvgIpc) is 2.16. The molecule has 3 nitrogen and oxygen atoms in total. The van der Waals surface area contributed by atoms with Crippen LogP contribution in [0.15, 0.2) is 16.9 Å². The smallest absolute Gasteiger partial charge is 0.255 e. The second-order valence-electron chi connectivity index (χ2n) is 4.41. The highest BCUT2D eigenvalue weighted by molar-refractivity contribution is 5.19. The van der Waals surface area contributed by atoms with E-state index in [0.29, 0.717) is 18.0 Å². The van der Waals surface area contributed by atoms with Crippen LogP contribution in [0.4, 0.5) is 0 Å². The van der Waals surface area contributed by atoms with E-state index in [1.807, 2.05) is 30.5 Å². The summed E-state index contributed by atoms with van der Waals surface area (Å²) in [6.45, 7) is 8.54. The van der Waals surface area contributed by atoms with Gasteiger partial charge in [-0.1, -0.05) is 19.9 Å². The lowest BCUT2D eigenvalue weighted by Gasteiger charge is -2.19. The second kappa shape index (κ2) is 4.62. The van der Waals surface area contributed by atoms with Crippen molar-refractivity contribution in [2.45, 2.75) is 46.2 Å². The molecule has 1 rings (SSSR count). The minimum atomic E-state index is 0.0544. The summed E-state index contributed by atoms with van der Waals surface area (Å²) < 4.78 is 1.84. The summed E-state index contributed by atoms with van der Waals surface area (Å²) in [4.78, 5) is 12.0. The van der Waals surface area contributed by atoms with E-state index in [2.05, 4.69) is 13.8 Å². The Balaban J connectivity index is 3.45. The third kappa shape index (κ3) is 2.29. The zero-order chi connectivity index (χ0) is 11.6. The molecular weight excluding hydrogens is 188 g/mol. The van der Waals surface area contributed by atoms with Crippen molar-refractivity contribution in [2.24, 2.45) is 5.73 Å². The Bertz CT molecular complexity index is 391. The highest BCUT2D eigenvalue weighted by Crippen LogP contribution is 2.16. The molecule has 0 fully saturated rings. The minimum Gasteiger partial charge on any atom is -0.326 e. The van der Waals surface area contributed by atoms with Crippen LogP contribution in [0.2, 0.25) is 0 Å². The zero-order valence-electron chi connectivity index (χ0n) is 9.95. The molecule has 1 aromatic heterocycles. The molecule has 0 spiro atoms. The lowest BCUT2D eigenvalue weighted by atomic mass is 10.1. The third-order valence-electron chi connectivity index (χ3n) is 2.55. The van der Waals surface area contributed by atoms with Crippen LogP contribution >= 0.6 is 0 Å². The van der Waals surface area contributed by atoms with E-state index in [4.69, 9.17) is 5.73 Å². The van der Waals surface area contributed by atoms with Crippen molar-refractivity contribution in [1.29, 1.82) is 0 Å². The van der Waals surface area contributed by atoms with Crippen LogP contribution < -0.4 is 11.3 Å². The van der Waals surface area contributed by atoms with Crippen molar-refractivity contribution in [3.8, 4) is 0 Å². The second-order valence-corrected chi connectivity index (χ2v) is 4.41. The van der Waals surface area contributed by atoms with Crippen molar-refractivity contribution in [3.05, 3.63) is 33.7 Å². The number of nitrogens with zero attached hydrogens (tertiary/aromatic N) is 1. The fourth-order valence-corrected chi connectivity index (χ4v) is 1.77. The van der Waals surface area contributed by atoms with Crippen LogP contribution in [0.25, 0.3) is 0 Å². The third-order valence-corrected chi connectivity index (χ3v) is 2.55. The molecule has 0 aliphatic rings. The molecule has 0 aromatic carbocycles. The Labute approximate surface area is 90.9 Å². The van der Waals surface area contributed by atoms with Crippen LogP contribution in [0.3, 0.4) is 0 Å². The van der Waals surface area contributed by atoms with Gasteiger partial charge in [0.15, 0.2) is 0 Å². The summed E-state index contributed by atoms with van der Waals surface area (Å²) in [5, 5.41) is 0. The predicted octanol–water partition coefficient (Wildman–Crippen LogP) is 2.01. The molecule has 1 aromatic rings. The highest BCUT2D eigenvalue weighted by atomic mass is 16.1. The predicted molar refractivity (Wildman–Crippen MR) is 63.1 cm³/mol. The van der Waals surface area contributed by atoms with E-state index >= 15 is 0 Å². The first-order valence-electron chi connectivity index (χ1n) is 5.43. The number of pyridine rings is 1. The van der Waals surface area contributed by atoms with Gasteiger partial charge in [-0.2, -0.15) is 0 Å². The first-order valence-corrected chi connectivity index (χ1v) is 5.43. The number of hydrogen-bond donors (Lipinski definition) is 1. The van der Waals surface area contributed by atoms with Crippen LogP contribution in [0.5, 0.6) is 0 Å². The van der Waals surface area contributed by atoms with Crippen molar-refractivity contribution in [1.82, 2.24) is 4.57 Å². The van der Waals surface area contributed by atoms with Crippen molar-refractivity contribution >= 4 is 0 Å². The normalized spacial score (nSPS) is 11.4. The van der Waals surface area contributed by atoms with Crippen LogP contribution in [0, 0.1) is 0 Å². The van der Waals surface area contributed by atoms with E-state index in [1.165, 1.54) is 0 Å². The lowest BCUT2D eigenvalue weighted by molar-refractivity contribution is 0.530. The van der Waals surface area contributed by atoms with Gasteiger partial charge in [0.05, 0.1) is 0 Å². The largest absolute Gasteiger partial charge is 0.326 e. The summed E-state index contributed by atoms with van der Waals surface area (Å²) in [5.41, 5.74) is 7.35. The summed E-state index contributed by atoms with van der Waals surface area (Å²) in [7, 11) is 0. The molecule has 0 aliphatic carbocycles. The number of nitrogens with two attached hydrogens (primary N) is 1. The molecule has 0 atom stereocenters. The summed E-state index contributed by atoms with van der Waals surface area (Å²) in [5.74, 6) is 0.354. The molecule has 15 heavy (non-hydrogen) atoms. The van der Waals surface area contributed by atoms with Gasteiger partial charge in [0.2, 0.25) is 0 Å². The fraction of sp³-hybridized carbons (Fsp3) is 0.583. The molecule has 0 bridgehead atoms. The van der Waals surface area contributed by atoms with E-state index in [9.17, 15) is 4.79 Å². The van der Waals surface area contributed by atoms with Gasteiger partial charge in [0.1, 0.15) is 0 Å². The average molecular weight is 208 g/mol. The SMILES string of the molecule is CC(C)c1ccc(CN)c(=O)n1C(C)C. The minimum absolute atomic E-state index is 0.0544. The van der Waals surface area contributed by atoms with E-state index in [-0.39, 0.29) is 11.6 Å². The fourth-order valence-electron chi connectivity index (χ4n) is 1.77. The molecule has 3 heteroatoms. The van der Waals surface area contributed by atoms with Crippen molar-refractivity contribution in [2.75, 3.05) is 0 Å². The van der Waals surface area contributed by atoms with Gasteiger partial charge >= 0.3 is 0 Å². The van der Waals surface area contributed by atoms with Crippen molar-refractivity contribution < 1.29 is 0 Å². The van der Waals surface area contributed by atoms with Gasteiger partial charge in [0.25, 0.3) is 5.56 Å². The van der Waals surface area contributed by atoms with Crippen molar-refractivity contribution in [3.63, 3.8) is 0 Å². The Morgan fingerprint density at radius 3 is 2.27 bits per heavy atom. The van der Waals surface area contributed by atoms with Gasteiger partial charge in [-0.05, 0) is 25.8 Å². The number of hydrogen-bond acceptors (Lipinski definition) is 2. The van der Waals surface area contributed by atoms with Gasteiger partial charge in [-0.25, -0.2) is 0 Å². The Kier molecular flexibility index (Phi) is 3.69. The molecule has 0 unspecified atom stereocenters. The molecule has 0 saturated heterocycles. The Morgan fingerprint density at radius 2 is 1.87 bits per heavy atom. The zero-order valence-corrected chi connectivity index (χ0v) is 9.95. The topological polar surface area (TPSA) is 48.0 Å². The van der Waals surface area contributed by atoms with Gasteiger partial charge < -0.3 is 10.3 Å². The molecule has 84 valence electrons. The molecule has 0 radical (unpaired) electrons. The molecule has 0 amide bonds. The molecule has 0 saturated carbocycles. The standard InChI is InChI=1S/C12H20N2O/c1-8(2)11-6-5-10(7-13)12(15)14(11)9(3)4/h5-6,8-9H,7,13H2,1-4H3. The lowest BCUT2D eigenvalue weighted by Crippen LogP contribution is -2.29. The van der Waals surface area contributed by atoms with E-state index in [0.717, 1.165) is 5.69 Å². The number of rotatable bonds is 3. The van der Waals surface area contributed by atoms with Crippen LogP contribution in [-0.2, 0) is 6.54 Å². The highest BCUT2D eigenvalue weighted by Gasteiger charge is 2.12. The molecule has 0 aliphatic heterocycles. The Morgan fingerprint density at radius 1 is 1.27 bits per heavy atom. The van der Waals surface area contributed by atoms with Crippen LogP contribution in [-0.4, -0.2) is 4.57 Å². The maximum atomic E-state index is 12.0. The van der Waals surface area contributed by atoms with Crippen LogP contribution in [0.1, 0.15) is 50.9 Å². The Hall–Kier alpha value is -1.09. The first kappa shape index (κ1) is 12.0. The number of aromatic nitrogens is 1. The first-order chi connectivity index (χ1) is 6.99. The van der Waals surface area contributed by atoms with Gasteiger partial charge in [-0.15, -0.1) is 0 Å². The summed E-state index contributed by atoms with van der Waals surface area (Å²) in [6, 6.07) is 4.03. The summed E-state index contributed by atoms with van der Waals surface area (Å²) >= 11 is 0. The van der Waals surface area contributed by atoms with Gasteiger partial charge in [-0.3, -0.25) is 4.79 Å². The quantitative estimate of drug-likeness (QED) is 0.826. The summed E-state index contributed by atoms with van der Waals surface area (Å²) in [6.07, 6.45) is 0. The molecule has 2 N–H and O–H groups in total. The maximum absolute atomic E-state index is 12.0. The molecule has 1 heterocycles. The van der Waals surface area contributed by atoms with Gasteiger partial charge in [0, 0.05) is 23.8 Å². The maximum Gasteiger partial charge on any atom is 0.255 e. The van der Waals surface area contributed by atoms with E-state index in [1.54, 1.807) is 0 Å².